The molecule has 3 N–H and O–H groups in total. The van der Waals surface area contributed by atoms with E-state index in [0.717, 1.165) is 0 Å². The van der Waals surface area contributed by atoms with Crippen molar-refractivity contribution in [1.82, 2.24) is 9.97 Å². The summed E-state index contributed by atoms with van der Waals surface area (Å²) >= 11 is 1.24. The van der Waals surface area contributed by atoms with E-state index >= 15 is 0 Å². The Morgan fingerprint density at radius 3 is 2.78 bits per heavy atom. The molecule has 116 valence electrons. The summed E-state index contributed by atoms with van der Waals surface area (Å²) in [6.45, 7) is 1.73. The van der Waals surface area contributed by atoms with Crippen LogP contribution in [0.25, 0.3) is 11.3 Å². The van der Waals surface area contributed by atoms with Crippen LogP contribution in [0.3, 0.4) is 0 Å². The van der Waals surface area contributed by atoms with E-state index in [1.807, 2.05) is 0 Å². The molecule has 6 nitrogen and oxygen atoms in total. The molecule has 0 bridgehead atoms. The van der Waals surface area contributed by atoms with Gasteiger partial charge in [-0.1, -0.05) is 6.07 Å². The number of aromatic hydroxyl groups is 2. The molecule has 0 aliphatic heterocycles. The average Bonchev–Trinajstić information content (AvgIpc) is 3.00. The van der Waals surface area contributed by atoms with Gasteiger partial charge in [-0.2, -0.15) is 0 Å². The fraction of sp³-hybridized carbons (Fsp3) is 0.0625. The molecule has 0 aliphatic rings. The molecule has 3 rings (SSSR count). The zero-order valence-corrected chi connectivity index (χ0v) is 13.0. The largest absolute Gasteiger partial charge is 0.508 e. The molecule has 1 amide bonds. The van der Waals surface area contributed by atoms with Gasteiger partial charge in [0.2, 0.25) is 0 Å². The summed E-state index contributed by atoms with van der Waals surface area (Å²) in [7, 11) is 0. The lowest BCUT2D eigenvalue weighted by Crippen LogP contribution is -2.13. The van der Waals surface area contributed by atoms with Crippen LogP contribution in [0.5, 0.6) is 11.5 Å². The monoisotopic (exact) mass is 327 g/mol. The summed E-state index contributed by atoms with van der Waals surface area (Å²) in [6.07, 6.45) is 1.54. The van der Waals surface area contributed by atoms with Crippen molar-refractivity contribution in [3.8, 4) is 22.8 Å². The highest BCUT2D eigenvalue weighted by Crippen LogP contribution is 2.35. The molecule has 0 spiro atoms. The Morgan fingerprint density at radius 2 is 2.04 bits per heavy atom. The van der Waals surface area contributed by atoms with E-state index in [4.69, 9.17) is 0 Å². The number of thiazole rings is 1. The van der Waals surface area contributed by atoms with Crippen LogP contribution in [-0.4, -0.2) is 26.1 Å². The van der Waals surface area contributed by atoms with Gasteiger partial charge in [-0.15, -0.1) is 11.3 Å². The van der Waals surface area contributed by atoms with Crippen molar-refractivity contribution < 1.29 is 15.0 Å². The van der Waals surface area contributed by atoms with E-state index in [1.54, 1.807) is 42.8 Å². The number of hydrogen-bond acceptors (Lipinski definition) is 6. The highest BCUT2D eigenvalue weighted by atomic mass is 32.1. The molecule has 0 radical (unpaired) electrons. The predicted octanol–water partition coefficient (Wildman–Crippen LogP) is 3.18. The van der Waals surface area contributed by atoms with E-state index in [2.05, 4.69) is 15.3 Å². The lowest BCUT2D eigenvalue weighted by molar-refractivity contribution is 0.102. The highest BCUT2D eigenvalue weighted by molar-refractivity contribution is 7.14. The average molecular weight is 327 g/mol. The number of nitrogens with zero attached hydrogens (tertiary/aromatic N) is 2. The molecule has 7 heteroatoms. The van der Waals surface area contributed by atoms with Crippen molar-refractivity contribution >= 4 is 22.4 Å². The van der Waals surface area contributed by atoms with Crippen LogP contribution in [0.15, 0.2) is 41.9 Å². The number of carbonyl (C=O) groups excluding carboxylic acids is 1. The summed E-state index contributed by atoms with van der Waals surface area (Å²) in [4.78, 5) is 20.3. The maximum Gasteiger partial charge on any atom is 0.276 e. The summed E-state index contributed by atoms with van der Waals surface area (Å²) in [5.74, 6) is -0.399. The molecule has 0 atom stereocenters. The van der Waals surface area contributed by atoms with Gasteiger partial charge in [0.25, 0.3) is 5.91 Å². The minimum Gasteiger partial charge on any atom is -0.508 e. The van der Waals surface area contributed by atoms with Gasteiger partial charge in [0.15, 0.2) is 5.13 Å². The molecule has 0 saturated carbocycles. The van der Waals surface area contributed by atoms with Gasteiger partial charge in [-0.25, -0.2) is 4.98 Å². The fourth-order valence-corrected chi connectivity index (χ4v) is 2.71. The van der Waals surface area contributed by atoms with Crippen molar-refractivity contribution in [3.63, 3.8) is 0 Å². The number of carbonyl (C=O) groups is 1. The molecule has 0 saturated heterocycles. The predicted molar refractivity (Wildman–Crippen MR) is 87.8 cm³/mol. The molecule has 1 aromatic carbocycles. The maximum absolute atomic E-state index is 12.0. The number of pyridine rings is 1. The molecular weight excluding hydrogens is 314 g/mol. The van der Waals surface area contributed by atoms with Gasteiger partial charge in [0.05, 0.1) is 5.69 Å². The lowest BCUT2D eigenvalue weighted by atomic mass is 10.1. The van der Waals surface area contributed by atoms with Gasteiger partial charge in [0, 0.05) is 23.2 Å². The van der Waals surface area contributed by atoms with Crippen LogP contribution in [-0.2, 0) is 0 Å². The number of benzene rings is 1. The molecule has 2 heterocycles. The molecule has 0 aliphatic carbocycles. The second-order valence-electron chi connectivity index (χ2n) is 4.86. The lowest BCUT2D eigenvalue weighted by Gasteiger charge is -2.05. The first-order chi connectivity index (χ1) is 11.0. The smallest absolute Gasteiger partial charge is 0.276 e. The van der Waals surface area contributed by atoms with E-state index in [1.165, 1.54) is 17.4 Å². The van der Waals surface area contributed by atoms with Gasteiger partial charge < -0.3 is 10.2 Å². The standard InChI is InChI=1S/C16H13N3O3S/c1-9-6-10(14(21)7-13(9)20)12-8-23-16(18-12)19-15(22)11-4-2-3-5-17-11/h2-8,20-21H,1H3,(H,18,19,22). The Hall–Kier alpha value is -2.93. The molecule has 23 heavy (non-hydrogen) atoms. The maximum atomic E-state index is 12.0. The third kappa shape index (κ3) is 3.14. The molecule has 0 unspecified atom stereocenters. The highest BCUT2D eigenvalue weighted by Gasteiger charge is 2.14. The van der Waals surface area contributed by atoms with Crippen molar-refractivity contribution in [1.29, 1.82) is 0 Å². The first-order valence-electron chi connectivity index (χ1n) is 6.75. The zero-order chi connectivity index (χ0) is 16.4. The van der Waals surface area contributed by atoms with E-state index in [0.29, 0.717) is 27.6 Å². The van der Waals surface area contributed by atoms with E-state index in [-0.39, 0.29) is 17.4 Å². The number of rotatable bonds is 3. The van der Waals surface area contributed by atoms with Gasteiger partial charge >= 0.3 is 0 Å². The molecular formula is C16H13N3O3S. The SMILES string of the molecule is Cc1cc(-c2csc(NC(=O)c3ccccn3)n2)c(O)cc1O. The number of nitrogens with one attached hydrogen (secondary N) is 1. The third-order valence-electron chi connectivity index (χ3n) is 3.21. The first-order valence-corrected chi connectivity index (χ1v) is 7.63. The fourth-order valence-electron chi connectivity index (χ4n) is 2.00. The minimum atomic E-state index is -0.349. The van der Waals surface area contributed by atoms with Crippen LogP contribution in [0, 0.1) is 6.92 Å². The van der Waals surface area contributed by atoms with Crippen LogP contribution in [0.2, 0.25) is 0 Å². The number of aromatic nitrogens is 2. The number of phenols is 2. The van der Waals surface area contributed by atoms with Gasteiger partial charge in [0.1, 0.15) is 17.2 Å². The van der Waals surface area contributed by atoms with Crippen molar-refractivity contribution in [2.45, 2.75) is 6.92 Å². The third-order valence-corrected chi connectivity index (χ3v) is 3.97. The van der Waals surface area contributed by atoms with Crippen molar-refractivity contribution in [2.75, 3.05) is 5.32 Å². The Morgan fingerprint density at radius 1 is 1.22 bits per heavy atom. The van der Waals surface area contributed by atoms with Crippen LogP contribution in [0.4, 0.5) is 5.13 Å². The molecule has 2 aromatic heterocycles. The first kappa shape index (κ1) is 15.0. The number of anilines is 1. The quantitative estimate of drug-likeness (QED) is 0.687. The topological polar surface area (TPSA) is 95.3 Å². The van der Waals surface area contributed by atoms with Gasteiger partial charge in [-0.3, -0.25) is 15.1 Å². The van der Waals surface area contributed by atoms with Gasteiger partial charge in [-0.05, 0) is 30.7 Å². The number of aryl methyl sites for hydroxylation is 1. The normalized spacial score (nSPS) is 10.5. The number of amides is 1. The second-order valence-corrected chi connectivity index (χ2v) is 5.72. The minimum absolute atomic E-state index is 0.0187. The van der Waals surface area contributed by atoms with E-state index in [9.17, 15) is 15.0 Å². The summed E-state index contributed by atoms with van der Waals surface area (Å²) < 4.78 is 0. The molecule has 3 aromatic rings. The second kappa shape index (κ2) is 6.05. The van der Waals surface area contributed by atoms with Crippen LogP contribution < -0.4 is 5.32 Å². The Bertz CT molecular complexity index is 862. The summed E-state index contributed by atoms with van der Waals surface area (Å²) in [5, 5.41) is 24.3. The summed E-state index contributed by atoms with van der Waals surface area (Å²) in [5.41, 5.74) is 1.94. The van der Waals surface area contributed by atoms with Crippen LogP contribution >= 0.6 is 11.3 Å². The number of phenolic OH excluding ortho intramolecular Hbond substituents is 2. The summed E-state index contributed by atoms with van der Waals surface area (Å²) in [6, 6.07) is 7.99. The van der Waals surface area contributed by atoms with Crippen molar-refractivity contribution in [2.24, 2.45) is 0 Å². The Kier molecular flexibility index (Phi) is 3.94. The van der Waals surface area contributed by atoms with Crippen molar-refractivity contribution in [3.05, 3.63) is 53.2 Å². The van der Waals surface area contributed by atoms with Crippen LogP contribution in [0.1, 0.15) is 16.1 Å². The Balaban J connectivity index is 1.84. The molecule has 0 fully saturated rings. The Labute approximate surface area is 136 Å². The zero-order valence-electron chi connectivity index (χ0n) is 12.1. The van der Waals surface area contributed by atoms with E-state index < -0.39 is 0 Å². The number of hydrogen-bond donors (Lipinski definition) is 3.